The molecule has 9 nitrogen and oxygen atoms in total. The molecule has 0 bridgehead atoms. The summed E-state index contributed by atoms with van der Waals surface area (Å²) in [5.41, 5.74) is 0.164. The van der Waals surface area contributed by atoms with Crippen LogP contribution in [0.5, 0.6) is 0 Å². The van der Waals surface area contributed by atoms with E-state index >= 15 is 0 Å². The smallest absolute Gasteiger partial charge is 0.232 e. The first-order valence-electron chi connectivity index (χ1n) is 15.9. The second-order valence-corrected chi connectivity index (χ2v) is 15.0. The van der Waals surface area contributed by atoms with Crippen molar-refractivity contribution in [3.63, 3.8) is 0 Å². The summed E-state index contributed by atoms with van der Waals surface area (Å²) in [6, 6.07) is 0.706. The molecule has 9 heteroatoms. The Labute approximate surface area is 245 Å². The van der Waals surface area contributed by atoms with E-state index in [-0.39, 0.29) is 22.2 Å². The highest BCUT2D eigenvalue weighted by Gasteiger charge is 2.42. The van der Waals surface area contributed by atoms with Gasteiger partial charge in [0.2, 0.25) is 17.8 Å². The predicted octanol–water partition coefficient (Wildman–Crippen LogP) is 5.29. The highest BCUT2D eigenvalue weighted by Crippen LogP contribution is 2.36. The van der Waals surface area contributed by atoms with Crippen molar-refractivity contribution in [1.82, 2.24) is 30.9 Å². The SMILES string of the molecule is CCCCN(c1nc(NCNC)nc(N(CCCC)C2CC(C)(C)NC(C)(C)C2)n1)C1CC(C)(C)NC(C)(C)C1. The third-order valence-corrected chi connectivity index (χ3v) is 8.27. The number of nitrogens with zero attached hydrogens (tertiary/aromatic N) is 5. The lowest BCUT2D eigenvalue weighted by molar-refractivity contribution is 0.157. The van der Waals surface area contributed by atoms with Crippen molar-refractivity contribution < 1.29 is 0 Å². The first-order chi connectivity index (χ1) is 18.6. The van der Waals surface area contributed by atoms with Gasteiger partial charge in [-0.3, -0.25) is 0 Å². The summed E-state index contributed by atoms with van der Waals surface area (Å²) >= 11 is 0. The predicted molar refractivity (Wildman–Crippen MR) is 171 cm³/mol. The van der Waals surface area contributed by atoms with Crippen LogP contribution in [-0.2, 0) is 0 Å². The van der Waals surface area contributed by atoms with Gasteiger partial charge in [0.05, 0.1) is 6.67 Å². The maximum atomic E-state index is 5.32. The molecule has 0 unspecified atom stereocenters. The molecule has 0 saturated carbocycles. The molecular weight excluding hydrogens is 498 g/mol. The summed E-state index contributed by atoms with van der Waals surface area (Å²) in [4.78, 5) is 20.4. The third-order valence-electron chi connectivity index (χ3n) is 8.27. The molecule has 0 aromatic carbocycles. The Morgan fingerprint density at radius 3 is 1.38 bits per heavy atom. The molecule has 0 aliphatic carbocycles. The Morgan fingerprint density at radius 2 is 1.05 bits per heavy atom. The monoisotopic (exact) mass is 560 g/mol. The van der Waals surface area contributed by atoms with Gasteiger partial charge < -0.3 is 31.1 Å². The molecule has 1 aromatic heterocycles. The van der Waals surface area contributed by atoms with Crippen LogP contribution in [0.2, 0.25) is 0 Å². The molecule has 230 valence electrons. The summed E-state index contributed by atoms with van der Waals surface area (Å²) < 4.78 is 0. The van der Waals surface area contributed by atoms with Crippen LogP contribution < -0.4 is 31.1 Å². The van der Waals surface area contributed by atoms with Crippen LogP contribution in [0.15, 0.2) is 0 Å². The molecule has 40 heavy (non-hydrogen) atoms. The van der Waals surface area contributed by atoms with Crippen LogP contribution in [0.3, 0.4) is 0 Å². The number of piperidine rings is 2. The Hall–Kier alpha value is -1.71. The maximum absolute atomic E-state index is 5.32. The number of aromatic nitrogens is 3. The van der Waals surface area contributed by atoms with Crippen molar-refractivity contribution in [2.24, 2.45) is 0 Å². The van der Waals surface area contributed by atoms with Crippen LogP contribution in [-0.4, -0.2) is 76.0 Å². The zero-order chi connectivity index (χ0) is 29.8. The fourth-order valence-electron chi connectivity index (χ4n) is 7.38. The highest BCUT2D eigenvalue weighted by atomic mass is 15.4. The molecule has 2 fully saturated rings. The zero-order valence-electron chi connectivity index (χ0n) is 27.7. The summed E-state index contributed by atoms with van der Waals surface area (Å²) in [7, 11) is 1.94. The quantitative estimate of drug-likeness (QED) is 0.241. The average Bonchev–Trinajstić information content (AvgIpc) is 2.79. The lowest BCUT2D eigenvalue weighted by atomic mass is 9.79. The average molecular weight is 560 g/mol. The number of rotatable bonds is 13. The first kappa shape index (κ1) is 32.8. The standard InChI is InChI=1S/C31H61N9/c1-12-14-16-39(23-18-28(3,4)37-29(5,6)19-23)26-34-25(33-22-32-11)35-27(36-26)40(17-15-13-2)24-20-30(7,8)38-31(9,10)21-24/h23-24,32,37-38H,12-22H2,1-11H3,(H,33,34,35,36). The molecule has 1 aromatic rings. The number of hydrogen-bond acceptors (Lipinski definition) is 9. The van der Waals surface area contributed by atoms with E-state index in [0.717, 1.165) is 76.4 Å². The summed E-state index contributed by atoms with van der Waals surface area (Å²) in [5.74, 6) is 2.27. The minimum absolute atomic E-state index is 0.0410. The van der Waals surface area contributed by atoms with E-state index in [4.69, 9.17) is 15.0 Å². The molecular formula is C31H61N9. The number of anilines is 3. The van der Waals surface area contributed by atoms with Crippen LogP contribution >= 0.6 is 0 Å². The summed E-state index contributed by atoms with van der Waals surface area (Å²) in [6.07, 6.45) is 8.71. The maximum Gasteiger partial charge on any atom is 0.232 e. The molecule has 2 aliphatic heterocycles. The van der Waals surface area contributed by atoms with E-state index in [1.165, 1.54) is 0 Å². The van der Waals surface area contributed by atoms with Crippen molar-refractivity contribution in [3.05, 3.63) is 0 Å². The van der Waals surface area contributed by atoms with Gasteiger partial charge >= 0.3 is 0 Å². The lowest BCUT2D eigenvalue weighted by Crippen LogP contribution is -2.63. The van der Waals surface area contributed by atoms with Crippen molar-refractivity contribution in [2.45, 2.75) is 155 Å². The minimum Gasteiger partial charge on any atom is -0.341 e. The van der Waals surface area contributed by atoms with Crippen LogP contribution in [0.4, 0.5) is 17.8 Å². The topological polar surface area (TPSA) is 93.3 Å². The molecule has 0 spiro atoms. The second kappa shape index (κ2) is 13.1. The van der Waals surface area contributed by atoms with Gasteiger partial charge in [-0.1, -0.05) is 26.7 Å². The Balaban J connectivity index is 2.09. The van der Waals surface area contributed by atoms with Gasteiger partial charge in [0.25, 0.3) is 0 Å². The van der Waals surface area contributed by atoms with E-state index < -0.39 is 0 Å². The van der Waals surface area contributed by atoms with Gasteiger partial charge in [0.1, 0.15) is 0 Å². The molecule has 0 radical (unpaired) electrons. The molecule has 0 amide bonds. The molecule has 3 heterocycles. The van der Waals surface area contributed by atoms with Crippen molar-refractivity contribution >= 4 is 17.8 Å². The minimum atomic E-state index is 0.0410. The molecule has 2 saturated heterocycles. The van der Waals surface area contributed by atoms with Crippen LogP contribution in [0, 0.1) is 0 Å². The van der Waals surface area contributed by atoms with Gasteiger partial charge in [-0.15, -0.1) is 0 Å². The highest BCUT2D eigenvalue weighted by molar-refractivity contribution is 5.47. The van der Waals surface area contributed by atoms with E-state index in [1.807, 2.05) is 7.05 Å². The first-order valence-corrected chi connectivity index (χ1v) is 15.9. The molecule has 0 atom stereocenters. The fourth-order valence-corrected chi connectivity index (χ4v) is 7.38. The Bertz CT molecular complexity index is 842. The van der Waals surface area contributed by atoms with Gasteiger partial charge in [-0.2, -0.15) is 15.0 Å². The van der Waals surface area contributed by atoms with Crippen molar-refractivity contribution in [1.29, 1.82) is 0 Å². The third kappa shape index (κ3) is 9.15. The Morgan fingerprint density at radius 1 is 0.675 bits per heavy atom. The van der Waals surface area contributed by atoms with E-state index in [0.29, 0.717) is 24.7 Å². The largest absolute Gasteiger partial charge is 0.341 e. The molecule has 4 N–H and O–H groups in total. The fraction of sp³-hybridized carbons (Fsp3) is 0.903. The Kier molecular flexibility index (Phi) is 10.7. The van der Waals surface area contributed by atoms with Crippen molar-refractivity contribution in [2.75, 3.05) is 41.9 Å². The number of unbranched alkanes of at least 4 members (excludes halogenated alkanes) is 2. The molecule has 3 rings (SSSR count). The van der Waals surface area contributed by atoms with Gasteiger partial charge in [0, 0.05) is 47.3 Å². The zero-order valence-corrected chi connectivity index (χ0v) is 27.7. The van der Waals surface area contributed by atoms with Gasteiger partial charge in [0.15, 0.2) is 0 Å². The summed E-state index contributed by atoms with van der Waals surface area (Å²) in [6.45, 7) is 25.6. The second-order valence-electron chi connectivity index (χ2n) is 15.0. The van der Waals surface area contributed by atoms with E-state index in [1.54, 1.807) is 0 Å². The van der Waals surface area contributed by atoms with Crippen LogP contribution in [0.1, 0.15) is 121 Å². The number of hydrogen-bond donors (Lipinski definition) is 4. The van der Waals surface area contributed by atoms with Crippen molar-refractivity contribution in [3.8, 4) is 0 Å². The lowest BCUT2D eigenvalue weighted by Gasteiger charge is -2.50. The van der Waals surface area contributed by atoms with Gasteiger partial charge in [-0.05, 0) is 101 Å². The van der Waals surface area contributed by atoms with Gasteiger partial charge in [-0.25, -0.2) is 0 Å². The van der Waals surface area contributed by atoms with E-state index in [2.05, 4.69) is 100 Å². The normalized spacial score (nSPS) is 22.2. The van der Waals surface area contributed by atoms with Crippen LogP contribution in [0.25, 0.3) is 0 Å². The van der Waals surface area contributed by atoms with E-state index in [9.17, 15) is 0 Å². The summed E-state index contributed by atoms with van der Waals surface area (Å²) in [5, 5.41) is 14.3. The number of nitrogens with one attached hydrogen (secondary N) is 4. The molecule has 2 aliphatic rings.